The van der Waals surface area contributed by atoms with Gasteiger partial charge in [-0.15, -0.1) is 0 Å². The minimum absolute atomic E-state index is 0.154. The van der Waals surface area contributed by atoms with Crippen LogP contribution in [-0.4, -0.2) is 40.8 Å². The fraction of sp³-hybridized carbons (Fsp3) is 0.294. The number of hydrogen-bond acceptors (Lipinski definition) is 6. The molecule has 9 nitrogen and oxygen atoms in total. The fourth-order valence-corrected chi connectivity index (χ4v) is 3.00. The number of carbonyl (C=O) groups excluding carboxylic acids is 2. The number of rotatable bonds is 4. The predicted octanol–water partition coefficient (Wildman–Crippen LogP) is 1.94. The minimum Gasteiger partial charge on any atom is -0.472 e. The first kappa shape index (κ1) is 18.4. The largest absolute Gasteiger partial charge is 0.472 e. The van der Waals surface area contributed by atoms with Crippen LogP contribution in [0, 0.1) is 15.9 Å². The molecule has 1 aliphatic heterocycles. The average Bonchev–Trinajstić information content (AvgIpc) is 3.17. The van der Waals surface area contributed by atoms with Gasteiger partial charge in [0.15, 0.2) is 0 Å². The van der Waals surface area contributed by atoms with E-state index in [1.807, 2.05) is 0 Å². The lowest BCUT2D eigenvalue weighted by molar-refractivity contribution is -0.384. The van der Waals surface area contributed by atoms with Crippen LogP contribution >= 0.6 is 0 Å². The van der Waals surface area contributed by atoms with E-state index in [0.717, 1.165) is 6.07 Å². The molecule has 3 N–H and O–H groups in total. The van der Waals surface area contributed by atoms with Crippen molar-refractivity contribution < 1.29 is 23.3 Å². The summed E-state index contributed by atoms with van der Waals surface area (Å²) in [7, 11) is 0. The van der Waals surface area contributed by atoms with Crippen LogP contribution in [0.2, 0.25) is 0 Å². The van der Waals surface area contributed by atoms with E-state index in [2.05, 4.69) is 5.32 Å². The van der Waals surface area contributed by atoms with Crippen LogP contribution in [0.5, 0.6) is 0 Å². The summed E-state index contributed by atoms with van der Waals surface area (Å²) in [6, 6.07) is 2.87. The van der Waals surface area contributed by atoms with Crippen molar-refractivity contribution in [1.29, 1.82) is 0 Å². The molecule has 0 atom stereocenters. The number of piperidine rings is 1. The Kier molecular flexibility index (Phi) is 5.06. The lowest BCUT2D eigenvalue weighted by atomic mass is 10.0. The van der Waals surface area contributed by atoms with Crippen molar-refractivity contribution in [2.45, 2.75) is 18.9 Å². The lowest BCUT2D eigenvalue weighted by Crippen LogP contribution is -2.46. The van der Waals surface area contributed by atoms with Gasteiger partial charge in [-0.25, -0.2) is 4.39 Å². The number of nitro groups is 1. The molecule has 27 heavy (non-hydrogen) atoms. The lowest BCUT2D eigenvalue weighted by Gasteiger charge is -2.32. The number of benzene rings is 1. The summed E-state index contributed by atoms with van der Waals surface area (Å²) in [6.07, 6.45) is 3.78. The summed E-state index contributed by atoms with van der Waals surface area (Å²) >= 11 is 0. The Morgan fingerprint density at radius 2 is 2.04 bits per heavy atom. The molecule has 2 aromatic rings. The Morgan fingerprint density at radius 1 is 1.33 bits per heavy atom. The fourth-order valence-electron chi connectivity index (χ4n) is 3.00. The molecule has 1 aromatic heterocycles. The molecule has 10 heteroatoms. The van der Waals surface area contributed by atoms with Gasteiger partial charge in [-0.1, -0.05) is 0 Å². The molecule has 1 saturated heterocycles. The van der Waals surface area contributed by atoms with Gasteiger partial charge in [-0.2, -0.15) is 0 Å². The predicted molar refractivity (Wildman–Crippen MR) is 92.6 cm³/mol. The van der Waals surface area contributed by atoms with Crippen LogP contribution < -0.4 is 11.1 Å². The number of halogens is 1. The first-order valence-electron chi connectivity index (χ1n) is 8.22. The number of nitrogens with one attached hydrogen (secondary N) is 1. The smallest absolute Gasteiger partial charge is 0.295 e. The highest BCUT2D eigenvalue weighted by Crippen LogP contribution is 2.27. The third-order valence-electron chi connectivity index (χ3n) is 4.45. The molecule has 2 heterocycles. The highest BCUT2D eigenvalue weighted by atomic mass is 19.1. The number of hydrogen-bond donors (Lipinski definition) is 2. The Bertz CT molecular complexity index is 876. The number of amides is 2. The van der Waals surface area contributed by atoms with Crippen molar-refractivity contribution in [3.8, 4) is 0 Å². The molecule has 3 rings (SSSR count). The van der Waals surface area contributed by atoms with Crippen molar-refractivity contribution in [2.24, 2.45) is 0 Å². The molecule has 0 radical (unpaired) electrons. The second kappa shape index (κ2) is 7.44. The molecule has 1 aliphatic rings. The van der Waals surface area contributed by atoms with E-state index < -0.39 is 22.3 Å². The maximum absolute atomic E-state index is 13.6. The summed E-state index contributed by atoms with van der Waals surface area (Å²) in [5.41, 5.74) is 4.79. The van der Waals surface area contributed by atoms with E-state index in [1.165, 1.54) is 12.5 Å². The summed E-state index contributed by atoms with van der Waals surface area (Å²) in [5, 5.41) is 13.6. The van der Waals surface area contributed by atoms with Gasteiger partial charge >= 0.3 is 0 Å². The number of anilines is 1. The standard InChI is InChI=1S/C17H17FN4O5/c18-11-7-13(15(19)14(8-11)22(25)26)16(23)20-12-1-4-21(5-2-12)17(24)10-3-6-27-9-10/h3,6-9,12H,1-2,4-5,19H2,(H,20,23). The second-order valence-corrected chi connectivity index (χ2v) is 6.20. The molecular formula is C17H17FN4O5. The molecule has 142 valence electrons. The van der Waals surface area contributed by atoms with Crippen LogP contribution in [0.15, 0.2) is 35.1 Å². The molecule has 0 bridgehead atoms. The number of carbonyl (C=O) groups is 2. The zero-order chi connectivity index (χ0) is 19.6. The van der Waals surface area contributed by atoms with Gasteiger partial charge in [0.2, 0.25) is 0 Å². The number of nitrogens with zero attached hydrogens (tertiary/aromatic N) is 2. The van der Waals surface area contributed by atoms with E-state index >= 15 is 0 Å². The number of nitro benzene ring substituents is 1. The van der Waals surface area contributed by atoms with Crippen molar-refractivity contribution in [3.05, 3.63) is 57.8 Å². The Hall–Kier alpha value is -3.43. The third kappa shape index (κ3) is 3.89. The maximum Gasteiger partial charge on any atom is 0.295 e. The monoisotopic (exact) mass is 376 g/mol. The summed E-state index contributed by atoms with van der Waals surface area (Å²) in [4.78, 5) is 36.4. The van der Waals surface area contributed by atoms with Crippen LogP contribution in [0.4, 0.5) is 15.8 Å². The number of likely N-dealkylation sites (tertiary alicyclic amines) is 1. The Morgan fingerprint density at radius 3 is 2.63 bits per heavy atom. The maximum atomic E-state index is 13.6. The van der Waals surface area contributed by atoms with E-state index in [1.54, 1.807) is 11.0 Å². The zero-order valence-corrected chi connectivity index (χ0v) is 14.2. The van der Waals surface area contributed by atoms with Gasteiger partial charge in [-0.3, -0.25) is 19.7 Å². The van der Waals surface area contributed by atoms with Crippen molar-refractivity contribution in [1.82, 2.24) is 10.2 Å². The summed E-state index contributed by atoms with van der Waals surface area (Å²) in [6.45, 7) is 0.849. The summed E-state index contributed by atoms with van der Waals surface area (Å²) in [5.74, 6) is -1.75. The first-order chi connectivity index (χ1) is 12.9. The molecular weight excluding hydrogens is 359 g/mol. The number of furan rings is 1. The van der Waals surface area contributed by atoms with Crippen LogP contribution in [0.25, 0.3) is 0 Å². The highest BCUT2D eigenvalue weighted by Gasteiger charge is 2.27. The van der Waals surface area contributed by atoms with Crippen LogP contribution in [0.1, 0.15) is 33.6 Å². The molecule has 0 spiro atoms. The Labute approximate surface area is 153 Å². The van der Waals surface area contributed by atoms with E-state index in [0.29, 0.717) is 37.6 Å². The first-order valence-corrected chi connectivity index (χ1v) is 8.22. The SMILES string of the molecule is Nc1c(C(=O)NC2CCN(C(=O)c3ccoc3)CC2)cc(F)cc1[N+](=O)[O-]. The van der Waals surface area contributed by atoms with E-state index in [4.69, 9.17) is 10.2 Å². The molecule has 2 amide bonds. The van der Waals surface area contributed by atoms with Crippen molar-refractivity contribution in [2.75, 3.05) is 18.8 Å². The third-order valence-corrected chi connectivity index (χ3v) is 4.45. The van der Waals surface area contributed by atoms with Crippen LogP contribution in [-0.2, 0) is 0 Å². The molecule has 0 unspecified atom stereocenters. The summed E-state index contributed by atoms with van der Waals surface area (Å²) < 4.78 is 18.5. The molecule has 1 aromatic carbocycles. The highest BCUT2D eigenvalue weighted by molar-refractivity contribution is 6.01. The van der Waals surface area contributed by atoms with E-state index in [9.17, 15) is 24.1 Å². The average molecular weight is 376 g/mol. The molecule has 0 saturated carbocycles. The molecule has 1 fully saturated rings. The van der Waals surface area contributed by atoms with E-state index in [-0.39, 0.29) is 23.2 Å². The van der Waals surface area contributed by atoms with Gasteiger partial charge in [0.05, 0.1) is 28.4 Å². The van der Waals surface area contributed by atoms with Crippen molar-refractivity contribution >= 4 is 23.2 Å². The quantitative estimate of drug-likeness (QED) is 0.476. The minimum atomic E-state index is -0.915. The zero-order valence-electron chi connectivity index (χ0n) is 14.2. The number of nitrogens with two attached hydrogens (primary N) is 1. The van der Waals surface area contributed by atoms with Gasteiger partial charge in [0.25, 0.3) is 17.5 Å². The van der Waals surface area contributed by atoms with Gasteiger partial charge < -0.3 is 20.4 Å². The van der Waals surface area contributed by atoms with Gasteiger partial charge in [0.1, 0.15) is 17.8 Å². The van der Waals surface area contributed by atoms with Crippen LogP contribution in [0.3, 0.4) is 0 Å². The van der Waals surface area contributed by atoms with Gasteiger partial charge in [-0.05, 0) is 25.0 Å². The van der Waals surface area contributed by atoms with Crippen molar-refractivity contribution in [3.63, 3.8) is 0 Å². The Balaban J connectivity index is 1.63. The number of nitrogen functional groups attached to an aromatic ring is 1. The normalized spacial score (nSPS) is 14.8. The topological polar surface area (TPSA) is 132 Å². The molecule has 0 aliphatic carbocycles. The van der Waals surface area contributed by atoms with Gasteiger partial charge in [0, 0.05) is 19.1 Å². The second-order valence-electron chi connectivity index (χ2n) is 6.20.